The summed E-state index contributed by atoms with van der Waals surface area (Å²) in [6.07, 6.45) is 3.27. The lowest BCUT2D eigenvalue weighted by atomic mass is 10.0. The highest BCUT2D eigenvalue weighted by Crippen LogP contribution is 2.33. The Balaban J connectivity index is 2.34. The molecule has 0 amide bonds. The molecule has 0 aliphatic carbocycles. The first-order valence-corrected chi connectivity index (χ1v) is 6.00. The van der Waals surface area contributed by atoms with Crippen molar-refractivity contribution in [3.8, 4) is 0 Å². The van der Waals surface area contributed by atoms with Crippen LogP contribution in [-0.2, 0) is 4.74 Å². The van der Waals surface area contributed by atoms with Crippen LogP contribution < -0.4 is 11.2 Å². The van der Waals surface area contributed by atoms with E-state index in [1.807, 2.05) is 0 Å². The molecule has 0 unspecified atom stereocenters. The fraction of sp³-hybridized carbons (Fsp3) is 0.667. The van der Waals surface area contributed by atoms with Gasteiger partial charge in [0, 0.05) is 11.8 Å². The highest BCUT2D eigenvalue weighted by Gasteiger charge is 2.32. The predicted molar refractivity (Wildman–Crippen MR) is 64.0 cm³/mol. The number of H-pyrrole nitrogens is 1. The summed E-state index contributed by atoms with van der Waals surface area (Å²) >= 11 is 0. The molecule has 1 aromatic heterocycles. The Hall–Kier alpha value is -1.36. The fourth-order valence-corrected chi connectivity index (χ4v) is 2.34. The van der Waals surface area contributed by atoms with Gasteiger partial charge in [0.1, 0.15) is 6.23 Å². The van der Waals surface area contributed by atoms with E-state index in [1.165, 1.54) is 4.57 Å². The lowest BCUT2D eigenvalue weighted by Crippen LogP contribution is -2.33. The molecule has 94 valence electrons. The molecule has 1 aliphatic heterocycles. The van der Waals surface area contributed by atoms with Crippen LogP contribution in [-0.4, -0.2) is 15.7 Å². The van der Waals surface area contributed by atoms with Crippen molar-refractivity contribution in [2.24, 2.45) is 5.92 Å². The van der Waals surface area contributed by atoms with E-state index in [0.717, 1.165) is 12.8 Å². The minimum Gasteiger partial charge on any atom is -0.354 e. The zero-order valence-corrected chi connectivity index (χ0v) is 10.4. The first-order valence-electron chi connectivity index (χ1n) is 6.00. The van der Waals surface area contributed by atoms with Crippen molar-refractivity contribution in [1.82, 2.24) is 9.55 Å². The summed E-state index contributed by atoms with van der Waals surface area (Å²) in [5.41, 5.74) is -0.195. The average Bonchev–Trinajstić information content (AvgIpc) is 2.65. The summed E-state index contributed by atoms with van der Waals surface area (Å²) < 4.78 is 7.31. The minimum absolute atomic E-state index is 0.194. The van der Waals surface area contributed by atoms with Crippen molar-refractivity contribution in [2.75, 3.05) is 0 Å². The van der Waals surface area contributed by atoms with E-state index in [-0.39, 0.29) is 17.9 Å². The Labute approximate surface area is 99.4 Å². The van der Waals surface area contributed by atoms with Crippen LogP contribution in [0.4, 0.5) is 0 Å². The molecule has 0 radical (unpaired) electrons. The standard InChI is InChI=1S/C12H18N2O3/c1-4-9-7(2)5-10(17-9)14-6-8(3)11(15)13-12(14)16/h6-7,9-10H,4-5H2,1-3H3,(H,13,15,16)/t7-,9-,10+/m0/s1. The summed E-state index contributed by atoms with van der Waals surface area (Å²) in [6.45, 7) is 5.88. The number of aromatic nitrogens is 2. The van der Waals surface area contributed by atoms with Crippen LogP contribution in [0.3, 0.4) is 0 Å². The van der Waals surface area contributed by atoms with Crippen LogP contribution in [0, 0.1) is 12.8 Å². The van der Waals surface area contributed by atoms with Crippen LogP contribution in [0.1, 0.15) is 38.5 Å². The number of nitrogens with one attached hydrogen (secondary N) is 1. The minimum atomic E-state index is -0.394. The summed E-state index contributed by atoms with van der Waals surface area (Å²) in [5.74, 6) is 0.434. The smallest absolute Gasteiger partial charge is 0.330 e. The third-order valence-electron chi connectivity index (χ3n) is 3.40. The molecule has 3 atom stereocenters. The van der Waals surface area contributed by atoms with E-state index < -0.39 is 5.69 Å². The lowest BCUT2D eigenvalue weighted by Gasteiger charge is -2.15. The Morgan fingerprint density at radius 3 is 2.82 bits per heavy atom. The quantitative estimate of drug-likeness (QED) is 0.841. The molecule has 1 saturated heterocycles. The molecule has 1 fully saturated rings. The van der Waals surface area contributed by atoms with Crippen LogP contribution in [0.25, 0.3) is 0 Å². The second-order valence-corrected chi connectivity index (χ2v) is 4.73. The molecule has 2 rings (SSSR count). The third kappa shape index (κ3) is 2.20. The number of hydrogen-bond donors (Lipinski definition) is 1. The van der Waals surface area contributed by atoms with Gasteiger partial charge in [0.2, 0.25) is 0 Å². The SMILES string of the molecule is CC[C@@H]1O[C@@H](n2cc(C)c(=O)[nH]c2=O)C[C@@H]1C. The molecular weight excluding hydrogens is 220 g/mol. The van der Waals surface area contributed by atoms with Gasteiger partial charge in [-0.25, -0.2) is 4.79 Å². The van der Waals surface area contributed by atoms with Crippen molar-refractivity contribution in [3.63, 3.8) is 0 Å². The molecule has 5 heteroatoms. The molecular formula is C12H18N2O3. The van der Waals surface area contributed by atoms with Crippen LogP contribution in [0.5, 0.6) is 0 Å². The second-order valence-electron chi connectivity index (χ2n) is 4.73. The highest BCUT2D eigenvalue weighted by atomic mass is 16.5. The van der Waals surface area contributed by atoms with Gasteiger partial charge in [-0.1, -0.05) is 13.8 Å². The van der Waals surface area contributed by atoms with Crippen LogP contribution in [0.2, 0.25) is 0 Å². The van der Waals surface area contributed by atoms with Crippen molar-refractivity contribution < 1.29 is 4.74 Å². The topological polar surface area (TPSA) is 64.1 Å². The molecule has 0 saturated carbocycles. The number of nitrogens with zero attached hydrogens (tertiary/aromatic N) is 1. The van der Waals surface area contributed by atoms with Crippen molar-refractivity contribution in [3.05, 3.63) is 32.6 Å². The van der Waals surface area contributed by atoms with Gasteiger partial charge in [0.05, 0.1) is 6.10 Å². The molecule has 5 nitrogen and oxygen atoms in total. The predicted octanol–water partition coefficient (Wildman–Crippen LogP) is 1.18. The molecule has 2 heterocycles. The molecule has 17 heavy (non-hydrogen) atoms. The zero-order valence-electron chi connectivity index (χ0n) is 10.4. The Kier molecular flexibility index (Phi) is 3.19. The van der Waals surface area contributed by atoms with Crippen molar-refractivity contribution in [1.29, 1.82) is 0 Å². The van der Waals surface area contributed by atoms with Gasteiger partial charge < -0.3 is 4.74 Å². The molecule has 1 aliphatic rings. The van der Waals surface area contributed by atoms with Gasteiger partial charge in [0.25, 0.3) is 5.56 Å². The third-order valence-corrected chi connectivity index (χ3v) is 3.40. The van der Waals surface area contributed by atoms with E-state index in [1.54, 1.807) is 13.1 Å². The van der Waals surface area contributed by atoms with Gasteiger partial charge in [-0.05, 0) is 25.7 Å². The fourth-order valence-electron chi connectivity index (χ4n) is 2.34. The molecule has 1 N–H and O–H groups in total. The normalized spacial score (nSPS) is 28.5. The molecule has 0 spiro atoms. The van der Waals surface area contributed by atoms with Crippen molar-refractivity contribution in [2.45, 2.75) is 45.9 Å². The molecule has 1 aromatic rings. The first kappa shape index (κ1) is 12.1. The maximum Gasteiger partial charge on any atom is 0.330 e. The number of ether oxygens (including phenoxy) is 1. The van der Waals surface area contributed by atoms with Crippen LogP contribution in [0.15, 0.2) is 15.8 Å². The summed E-state index contributed by atoms with van der Waals surface area (Å²) in [4.78, 5) is 25.3. The number of rotatable bonds is 2. The summed E-state index contributed by atoms with van der Waals surface area (Å²) in [7, 11) is 0. The number of aromatic amines is 1. The van der Waals surface area contributed by atoms with E-state index >= 15 is 0 Å². The Morgan fingerprint density at radius 1 is 1.53 bits per heavy atom. The zero-order chi connectivity index (χ0) is 12.6. The lowest BCUT2D eigenvalue weighted by molar-refractivity contribution is -0.00768. The molecule has 0 bridgehead atoms. The maximum atomic E-state index is 11.7. The van der Waals surface area contributed by atoms with Crippen molar-refractivity contribution >= 4 is 0 Å². The van der Waals surface area contributed by atoms with Gasteiger partial charge in [-0.2, -0.15) is 0 Å². The van der Waals surface area contributed by atoms with Gasteiger partial charge in [-0.15, -0.1) is 0 Å². The largest absolute Gasteiger partial charge is 0.354 e. The maximum absolute atomic E-state index is 11.7. The van der Waals surface area contributed by atoms with Gasteiger partial charge >= 0.3 is 5.69 Å². The van der Waals surface area contributed by atoms with E-state index in [2.05, 4.69) is 18.8 Å². The number of aryl methyl sites for hydroxylation is 1. The average molecular weight is 238 g/mol. The Morgan fingerprint density at radius 2 is 2.24 bits per heavy atom. The highest BCUT2D eigenvalue weighted by molar-refractivity contribution is 5.01. The van der Waals surface area contributed by atoms with E-state index in [4.69, 9.17) is 4.74 Å². The van der Waals surface area contributed by atoms with E-state index in [0.29, 0.717) is 11.5 Å². The van der Waals surface area contributed by atoms with Gasteiger partial charge in [-0.3, -0.25) is 14.3 Å². The first-order chi connectivity index (χ1) is 8.02. The summed E-state index contributed by atoms with van der Waals surface area (Å²) in [6, 6.07) is 0. The Bertz CT molecular complexity index is 517. The number of hydrogen-bond acceptors (Lipinski definition) is 3. The summed E-state index contributed by atoms with van der Waals surface area (Å²) in [5, 5.41) is 0. The molecule has 0 aromatic carbocycles. The van der Waals surface area contributed by atoms with E-state index in [9.17, 15) is 9.59 Å². The van der Waals surface area contributed by atoms with Gasteiger partial charge in [0.15, 0.2) is 0 Å². The van der Waals surface area contributed by atoms with Crippen LogP contribution >= 0.6 is 0 Å². The monoisotopic (exact) mass is 238 g/mol. The second kappa shape index (κ2) is 4.49.